The lowest BCUT2D eigenvalue weighted by Gasteiger charge is -2.18. The zero-order valence-electron chi connectivity index (χ0n) is 15.5. The van der Waals surface area contributed by atoms with Crippen molar-refractivity contribution in [3.8, 4) is 0 Å². The maximum absolute atomic E-state index is 5.33. The van der Waals surface area contributed by atoms with Crippen LogP contribution in [0.4, 0.5) is 0 Å². The third kappa shape index (κ3) is 8.18. The second-order valence-corrected chi connectivity index (χ2v) is 10.0. The van der Waals surface area contributed by atoms with Gasteiger partial charge in [0.15, 0.2) is 0 Å². The molecular weight excluding hydrogens is 577 g/mol. The van der Waals surface area contributed by atoms with E-state index in [2.05, 4.69) is 143 Å². The van der Waals surface area contributed by atoms with Crippen LogP contribution in [0.5, 0.6) is 0 Å². The minimum absolute atomic E-state index is 0.436. The van der Waals surface area contributed by atoms with E-state index in [4.69, 9.17) is 4.74 Å². The number of alkyl halides is 2. The molecule has 3 rings (SSSR count). The number of rotatable bonds is 7. The average molecular weight is 602 g/mol. The van der Waals surface area contributed by atoms with Gasteiger partial charge in [-0.15, -0.1) is 0 Å². The first-order valence-corrected chi connectivity index (χ1v) is 13.3. The van der Waals surface area contributed by atoms with Gasteiger partial charge in [-0.25, -0.2) is 0 Å². The fourth-order valence-electron chi connectivity index (χ4n) is 2.47. The maximum atomic E-state index is 5.33. The minimum atomic E-state index is -0.446. The maximum Gasteiger partial charge on any atom is 0.0636 e. The van der Waals surface area contributed by atoms with Gasteiger partial charge in [0.2, 0.25) is 0 Å². The van der Waals surface area contributed by atoms with Gasteiger partial charge in [-0.3, -0.25) is 0 Å². The predicted molar refractivity (Wildman–Crippen MR) is 138 cm³/mol. The van der Waals surface area contributed by atoms with Gasteiger partial charge < -0.3 is 4.74 Å². The van der Waals surface area contributed by atoms with Gasteiger partial charge in [0.05, 0.1) is 12.7 Å². The van der Waals surface area contributed by atoms with E-state index in [0.717, 1.165) is 15.5 Å². The molecule has 0 bridgehead atoms. The molecule has 0 unspecified atom stereocenters. The van der Waals surface area contributed by atoms with Crippen molar-refractivity contribution in [3.63, 3.8) is 0 Å². The summed E-state index contributed by atoms with van der Waals surface area (Å²) < 4.78 is 7.51. The molecule has 0 saturated heterocycles. The van der Waals surface area contributed by atoms with Crippen molar-refractivity contribution in [2.45, 2.75) is 13.0 Å². The summed E-state index contributed by atoms with van der Waals surface area (Å²) in [5.41, 5.74) is 0. The molecule has 0 radical (unpaired) electrons. The summed E-state index contributed by atoms with van der Waals surface area (Å²) in [5.74, 6) is 0. The Bertz CT molecular complexity index is 644. The third-order valence-corrected chi connectivity index (χ3v) is 7.86. The van der Waals surface area contributed by atoms with Gasteiger partial charge in [0.25, 0.3) is 0 Å². The number of hydrogen-bond acceptors (Lipinski definition) is 1. The van der Waals surface area contributed by atoms with Crippen molar-refractivity contribution in [1.82, 2.24) is 0 Å². The molecule has 1 nitrogen and oxygen atoms in total. The molecule has 27 heavy (non-hydrogen) atoms. The zero-order valence-corrected chi connectivity index (χ0v) is 20.7. The quantitative estimate of drug-likeness (QED) is 0.192. The molecule has 3 aromatic carbocycles. The molecule has 0 aliphatic heterocycles. The molecule has 0 spiro atoms. The van der Waals surface area contributed by atoms with Crippen LogP contribution in [0.15, 0.2) is 91.0 Å². The van der Waals surface area contributed by atoms with Crippen LogP contribution < -0.4 is 15.9 Å². The Morgan fingerprint density at radius 1 is 0.704 bits per heavy atom. The molecule has 4 heteroatoms. The standard InChI is InChI=1S/C18H15P.C5H10I2O/c1-4-10-16(11-5-1)19(17-12-6-2-7-13-17)18-14-8-3-9-15-18;1-5(4-7)8-3-2-6/h1-15H;5H,2-4H2,1H3/t;5-/m.0/s1. The van der Waals surface area contributed by atoms with Gasteiger partial charge in [-0.2, -0.15) is 0 Å². The summed E-state index contributed by atoms with van der Waals surface area (Å²) in [6, 6.07) is 32.3. The van der Waals surface area contributed by atoms with Crippen molar-refractivity contribution in [1.29, 1.82) is 0 Å². The molecule has 3 aromatic rings. The summed E-state index contributed by atoms with van der Waals surface area (Å²) in [5, 5.41) is 4.19. The van der Waals surface area contributed by atoms with Crippen molar-refractivity contribution in [3.05, 3.63) is 91.0 Å². The van der Waals surface area contributed by atoms with Crippen molar-refractivity contribution >= 4 is 69.0 Å². The van der Waals surface area contributed by atoms with Crippen LogP contribution in [-0.4, -0.2) is 21.6 Å². The number of benzene rings is 3. The number of ether oxygens (including phenoxy) is 1. The molecule has 0 aliphatic rings. The number of hydrogen-bond donors (Lipinski definition) is 0. The topological polar surface area (TPSA) is 9.23 Å². The predicted octanol–water partition coefficient (Wildman–Crippen LogP) is 5.71. The summed E-state index contributed by atoms with van der Waals surface area (Å²) in [4.78, 5) is 0. The number of halogens is 2. The van der Waals surface area contributed by atoms with E-state index in [0.29, 0.717) is 6.10 Å². The lowest BCUT2D eigenvalue weighted by Crippen LogP contribution is -2.20. The van der Waals surface area contributed by atoms with Gasteiger partial charge in [-0.05, 0) is 30.8 Å². The Morgan fingerprint density at radius 3 is 1.37 bits per heavy atom. The fraction of sp³-hybridized carbons (Fsp3) is 0.217. The Hall–Kier alpha value is -0.490. The molecular formula is C23H25I2OP. The second-order valence-electron chi connectivity index (χ2n) is 5.87. The highest BCUT2D eigenvalue weighted by Crippen LogP contribution is 2.32. The summed E-state index contributed by atoms with van der Waals surface area (Å²) in [6.07, 6.45) is 0.436. The largest absolute Gasteiger partial charge is 0.377 e. The van der Waals surface area contributed by atoms with Gasteiger partial charge >= 0.3 is 0 Å². The lowest BCUT2D eigenvalue weighted by atomic mass is 10.4. The normalized spacial score (nSPS) is 11.6. The monoisotopic (exact) mass is 602 g/mol. The molecule has 0 aromatic heterocycles. The summed E-state index contributed by atoms with van der Waals surface area (Å²) in [6.45, 7) is 2.99. The molecule has 0 aliphatic carbocycles. The highest BCUT2D eigenvalue weighted by Gasteiger charge is 2.14. The first-order chi connectivity index (χ1) is 13.3. The van der Waals surface area contributed by atoms with E-state index in [9.17, 15) is 0 Å². The van der Waals surface area contributed by atoms with Crippen LogP contribution in [0.2, 0.25) is 0 Å². The van der Waals surface area contributed by atoms with E-state index in [1.165, 1.54) is 15.9 Å². The van der Waals surface area contributed by atoms with E-state index in [-0.39, 0.29) is 0 Å². The Morgan fingerprint density at radius 2 is 1.07 bits per heavy atom. The van der Waals surface area contributed by atoms with E-state index in [1.807, 2.05) is 0 Å². The van der Waals surface area contributed by atoms with E-state index < -0.39 is 7.92 Å². The van der Waals surface area contributed by atoms with Crippen LogP contribution in [-0.2, 0) is 4.74 Å². The molecule has 0 fully saturated rings. The van der Waals surface area contributed by atoms with Crippen LogP contribution in [0, 0.1) is 0 Å². The SMILES string of the molecule is C[C@@H](CI)OCCI.c1ccc(P(c2ccccc2)c2ccccc2)cc1. The Labute approximate surface area is 192 Å². The molecule has 0 saturated carbocycles. The van der Waals surface area contributed by atoms with Crippen molar-refractivity contribution in [2.75, 3.05) is 15.5 Å². The Kier molecular flexibility index (Phi) is 11.5. The minimum Gasteiger partial charge on any atom is -0.377 e. The van der Waals surface area contributed by atoms with Crippen LogP contribution >= 0.6 is 53.1 Å². The van der Waals surface area contributed by atoms with Crippen molar-refractivity contribution < 1.29 is 4.74 Å². The van der Waals surface area contributed by atoms with Crippen LogP contribution in [0.25, 0.3) is 0 Å². The highest BCUT2D eigenvalue weighted by molar-refractivity contribution is 14.1. The first kappa shape index (κ1) is 22.8. The molecule has 142 valence electrons. The smallest absolute Gasteiger partial charge is 0.0636 e. The van der Waals surface area contributed by atoms with Gasteiger partial charge in [0.1, 0.15) is 0 Å². The molecule has 0 N–H and O–H groups in total. The highest BCUT2D eigenvalue weighted by atomic mass is 127. The molecule has 0 heterocycles. The average Bonchev–Trinajstić information content (AvgIpc) is 2.75. The van der Waals surface area contributed by atoms with Gasteiger partial charge in [0, 0.05) is 8.86 Å². The van der Waals surface area contributed by atoms with Crippen molar-refractivity contribution in [2.24, 2.45) is 0 Å². The second kappa shape index (κ2) is 13.6. The third-order valence-electron chi connectivity index (χ3n) is 3.74. The van der Waals surface area contributed by atoms with Gasteiger partial charge in [-0.1, -0.05) is 136 Å². The fourth-order valence-corrected chi connectivity index (χ4v) is 5.28. The molecule has 0 amide bonds. The molecule has 1 atom stereocenters. The summed E-state index contributed by atoms with van der Waals surface area (Å²) in [7, 11) is -0.446. The van der Waals surface area contributed by atoms with E-state index in [1.54, 1.807) is 0 Å². The Balaban J connectivity index is 0.000000279. The van der Waals surface area contributed by atoms with Crippen LogP contribution in [0.1, 0.15) is 6.92 Å². The summed E-state index contributed by atoms with van der Waals surface area (Å²) >= 11 is 4.64. The van der Waals surface area contributed by atoms with E-state index >= 15 is 0 Å². The lowest BCUT2D eigenvalue weighted by molar-refractivity contribution is 0.0986. The van der Waals surface area contributed by atoms with Crippen LogP contribution in [0.3, 0.4) is 0 Å². The first-order valence-electron chi connectivity index (χ1n) is 8.95. The zero-order chi connectivity index (χ0) is 19.3.